The van der Waals surface area contributed by atoms with Gasteiger partial charge in [-0.3, -0.25) is 9.78 Å². The first-order valence-electron chi connectivity index (χ1n) is 5.75. The molecule has 1 aromatic heterocycles. The zero-order valence-electron chi connectivity index (χ0n) is 11.1. The molecule has 0 radical (unpaired) electrons. The molecule has 100 valence electrons. The first kappa shape index (κ1) is 12.9. The number of aromatic amines is 1. The third-order valence-corrected chi connectivity index (χ3v) is 2.73. The van der Waals surface area contributed by atoms with E-state index >= 15 is 0 Å². The normalized spacial score (nSPS) is 10.3. The topological polar surface area (TPSA) is 84.2 Å². The monoisotopic (exact) mass is 260 g/mol. The Kier molecular flexibility index (Phi) is 3.41. The van der Waals surface area contributed by atoms with Crippen LogP contribution in [0.4, 0.5) is 11.8 Å². The molecule has 6 nitrogen and oxygen atoms in total. The van der Waals surface area contributed by atoms with Crippen molar-refractivity contribution < 1.29 is 4.74 Å². The highest BCUT2D eigenvalue weighted by Crippen LogP contribution is 2.30. The van der Waals surface area contributed by atoms with Crippen LogP contribution in [-0.2, 0) is 0 Å². The summed E-state index contributed by atoms with van der Waals surface area (Å²) in [5.41, 5.74) is 6.56. The Morgan fingerprint density at radius 2 is 2.00 bits per heavy atom. The molecule has 0 atom stereocenters. The molecule has 0 amide bonds. The van der Waals surface area contributed by atoms with Crippen molar-refractivity contribution in [2.24, 2.45) is 0 Å². The largest absolute Gasteiger partial charge is 0.496 e. The predicted octanol–water partition coefficient (Wildman–Crippen LogP) is 1.09. The second-order valence-electron chi connectivity index (χ2n) is 4.24. The number of aromatic nitrogens is 2. The zero-order valence-corrected chi connectivity index (χ0v) is 11.1. The number of para-hydroxylation sites is 1. The van der Waals surface area contributed by atoms with Gasteiger partial charge in [-0.05, 0) is 6.07 Å². The molecule has 0 spiro atoms. The zero-order chi connectivity index (χ0) is 14.0. The van der Waals surface area contributed by atoms with Crippen molar-refractivity contribution in [2.75, 3.05) is 31.8 Å². The van der Waals surface area contributed by atoms with Gasteiger partial charge in [0.2, 0.25) is 5.95 Å². The summed E-state index contributed by atoms with van der Waals surface area (Å²) in [6.07, 6.45) is 0. The third-order valence-electron chi connectivity index (χ3n) is 2.73. The molecule has 0 bridgehead atoms. The lowest BCUT2D eigenvalue weighted by Gasteiger charge is -2.14. The highest BCUT2D eigenvalue weighted by molar-refractivity contribution is 5.78. The smallest absolute Gasteiger partial charge is 0.262 e. The molecule has 0 fully saturated rings. The van der Waals surface area contributed by atoms with Gasteiger partial charge in [-0.25, -0.2) is 0 Å². The van der Waals surface area contributed by atoms with Crippen molar-refractivity contribution in [1.29, 1.82) is 0 Å². The number of nitrogen functional groups attached to an aromatic ring is 1. The van der Waals surface area contributed by atoms with Crippen molar-refractivity contribution >= 4 is 11.8 Å². The van der Waals surface area contributed by atoms with Gasteiger partial charge in [0.15, 0.2) is 0 Å². The van der Waals surface area contributed by atoms with E-state index in [1.807, 2.05) is 12.1 Å². The second-order valence-corrected chi connectivity index (χ2v) is 4.24. The summed E-state index contributed by atoms with van der Waals surface area (Å²) in [7, 11) is 5.10. The van der Waals surface area contributed by atoms with E-state index in [-0.39, 0.29) is 11.4 Å². The summed E-state index contributed by atoms with van der Waals surface area (Å²) in [5.74, 6) is 1.18. The Morgan fingerprint density at radius 1 is 1.32 bits per heavy atom. The fourth-order valence-electron chi connectivity index (χ4n) is 1.80. The van der Waals surface area contributed by atoms with Gasteiger partial charge < -0.3 is 15.4 Å². The highest BCUT2D eigenvalue weighted by Gasteiger charge is 2.15. The standard InChI is InChI=1S/C13H16N4O2/c1-17(2)13-15-11(14)10(12(18)16-13)8-6-4-5-7-9(8)19-3/h4-7H,1-3H3,(H3,14,15,16,18). The Hall–Kier alpha value is -2.50. The van der Waals surface area contributed by atoms with Crippen LogP contribution in [-0.4, -0.2) is 31.2 Å². The number of benzene rings is 1. The molecule has 0 aliphatic heterocycles. The van der Waals surface area contributed by atoms with Crippen LogP contribution in [0.25, 0.3) is 11.1 Å². The highest BCUT2D eigenvalue weighted by atomic mass is 16.5. The van der Waals surface area contributed by atoms with Gasteiger partial charge >= 0.3 is 0 Å². The molecule has 3 N–H and O–H groups in total. The number of anilines is 2. The number of nitrogens with two attached hydrogens (primary N) is 1. The van der Waals surface area contributed by atoms with Crippen LogP contribution in [0.5, 0.6) is 5.75 Å². The molecule has 2 aromatic rings. The molecule has 0 unspecified atom stereocenters. The number of hydrogen-bond donors (Lipinski definition) is 2. The average molecular weight is 260 g/mol. The van der Waals surface area contributed by atoms with Crippen LogP contribution < -0.4 is 20.9 Å². The summed E-state index contributed by atoms with van der Waals surface area (Å²) in [6, 6.07) is 7.19. The van der Waals surface area contributed by atoms with Gasteiger partial charge in [0.1, 0.15) is 11.6 Å². The van der Waals surface area contributed by atoms with Crippen molar-refractivity contribution in [2.45, 2.75) is 0 Å². The predicted molar refractivity (Wildman–Crippen MR) is 75.6 cm³/mol. The molecule has 0 saturated heterocycles. The summed E-state index contributed by atoms with van der Waals surface area (Å²) in [6.45, 7) is 0. The minimum Gasteiger partial charge on any atom is -0.496 e. The van der Waals surface area contributed by atoms with E-state index < -0.39 is 0 Å². The lowest BCUT2D eigenvalue weighted by atomic mass is 10.1. The molecule has 0 aliphatic carbocycles. The number of methoxy groups -OCH3 is 1. The van der Waals surface area contributed by atoms with Crippen LogP contribution in [0.1, 0.15) is 0 Å². The Labute approximate surface area is 110 Å². The second kappa shape index (κ2) is 5.01. The molecule has 19 heavy (non-hydrogen) atoms. The fraction of sp³-hybridized carbons (Fsp3) is 0.231. The molecule has 0 aliphatic rings. The van der Waals surface area contributed by atoms with Crippen molar-refractivity contribution in [3.05, 3.63) is 34.6 Å². The van der Waals surface area contributed by atoms with Gasteiger partial charge in [0.05, 0.1) is 12.7 Å². The first-order valence-corrected chi connectivity index (χ1v) is 5.75. The number of H-pyrrole nitrogens is 1. The van der Waals surface area contributed by atoms with Crippen molar-refractivity contribution in [3.63, 3.8) is 0 Å². The Balaban J connectivity index is 2.67. The average Bonchev–Trinajstić information content (AvgIpc) is 2.38. The minimum absolute atomic E-state index is 0.178. The van der Waals surface area contributed by atoms with Crippen LogP contribution >= 0.6 is 0 Å². The van der Waals surface area contributed by atoms with Crippen LogP contribution in [0.2, 0.25) is 0 Å². The number of hydrogen-bond acceptors (Lipinski definition) is 5. The molecule has 1 heterocycles. The van der Waals surface area contributed by atoms with Crippen LogP contribution in [0, 0.1) is 0 Å². The van der Waals surface area contributed by atoms with Gasteiger partial charge in [-0.2, -0.15) is 4.98 Å². The quantitative estimate of drug-likeness (QED) is 0.863. The summed E-state index contributed by atoms with van der Waals surface area (Å²) >= 11 is 0. The van der Waals surface area contributed by atoms with E-state index in [0.29, 0.717) is 22.8 Å². The number of ether oxygens (including phenoxy) is 1. The molecule has 6 heteroatoms. The van der Waals surface area contributed by atoms with E-state index in [9.17, 15) is 4.79 Å². The van der Waals surface area contributed by atoms with Gasteiger partial charge in [0.25, 0.3) is 5.56 Å². The molecular weight excluding hydrogens is 244 g/mol. The SMILES string of the molecule is COc1ccccc1-c1c(N)nc(N(C)C)[nH]c1=O. The third kappa shape index (κ3) is 2.37. The van der Waals surface area contributed by atoms with E-state index in [0.717, 1.165) is 0 Å². The van der Waals surface area contributed by atoms with Crippen LogP contribution in [0.3, 0.4) is 0 Å². The lowest BCUT2D eigenvalue weighted by Crippen LogP contribution is -2.21. The van der Waals surface area contributed by atoms with E-state index in [1.165, 1.54) is 0 Å². The Bertz CT molecular complexity index is 649. The van der Waals surface area contributed by atoms with Gasteiger partial charge in [0, 0.05) is 19.7 Å². The maximum absolute atomic E-state index is 12.2. The van der Waals surface area contributed by atoms with E-state index in [4.69, 9.17) is 10.5 Å². The van der Waals surface area contributed by atoms with Gasteiger partial charge in [-0.1, -0.05) is 18.2 Å². The van der Waals surface area contributed by atoms with Crippen molar-refractivity contribution in [3.8, 4) is 16.9 Å². The van der Waals surface area contributed by atoms with E-state index in [2.05, 4.69) is 9.97 Å². The fourth-order valence-corrected chi connectivity index (χ4v) is 1.80. The summed E-state index contributed by atoms with van der Waals surface area (Å²) in [5, 5.41) is 0. The number of rotatable bonds is 3. The molecule has 2 rings (SSSR count). The molecule has 1 aromatic carbocycles. The van der Waals surface area contributed by atoms with Gasteiger partial charge in [-0.15, -0.1) is 0 Å². The minimum atomic E-state index is -0.291. The summed E-state index contributed by atoms with van der Waals surface area (Å²) in [4.78, 5) is 20.7. The van der Waals surface area contributed by atoms with Crippen LogP contribution in [0.15, 0.2) is 29.1 Å². The number of nitrogens with zero attached hydrogens (tertiary/aromatic N) is 2. The first-order chi connectivity index (χ1) is 9.04. The van der Waals surface area contributed by atoms with E-state index in [1.54, 1.807) is 38.2 Å². The molecular formula is C13H16N4O2. The Morgan fingerprint density at radius 3 is 2.58 bits per heavy atom. The lowest BCUT2D eigenvalue weighted by molar-refractivity contribution is 0.416. The molecule has 0 saturated carbocycles. The maximum atomic E-state index is 12.2. The maximum Gasteiger partial charge on any atom is 0.262 e. The van der Waals surface area contributed by atoms with Crippen molar-refractivity contribution in [1.82, 2.24) is 9.97 Å². The number of nitrogens with one attached hydrogen (secondary N) is 1. The summed E-state index contributed by atoms with van der Waals surface area (Å²) < 4.78 is 5.24.